The van der Waals surface area contributed by atoms with Gasteiger partial charge in [-0.25, -0.2) is 4.79 Å². The number of methoxy groups -OCH3 is 1. The highest BCUT2D eigenvalue weighted by molar-refractivity contribution is 6.01. The van der Waals surface area contributed by atoms with E-state index < -0.39 is 24.5 Å². The van der Waals surface area contributed by atoms with Gasteiger partial charge in [0.1, 0.15) is 11.8 Å². The van der Waals surface area contributed by atoms with Crippen LogP contribution in [0.15, 0.2) is 42.5 Å². The quantitative estimate of drug-likeness (QED) is 0.297. The Morgan fingerprint density at radius 2 is 1.73 bits per heavy atom. The summed E-state index contributed by atoms with van der Waals surface area (Å²) < 4.78 is 5.45. The van der Waals surface area contributed by atoms with Crippen molar-refractivity contribution in [2.45, 2.75) is 38.2 Å². The third-order valence-electron chi connectivity index (χ3n) is 7.25. The van der Waals surface area contributed by atoms with Crippen molar-refractivity contribution in [2.75, 3.05) is 57.0 Å². The van der Waals surface area contributed by atoms with Crippen LogP contribution in [-0.4, -0.2) is 113 Å². The van der Waals surface area contributed by atoms with Crippen molar-refractivity contribution in [1.82, 2.24) is 14.7 Å². The van der Waals surface area contributed by atoms with Gasteiger partial charge in [0.15, 0.2) is 6.29 Å². The average molecular weight is 556 g/mol. The van der Waals surface area contributed by atoms with Crippen molar-refractivity contribution in [3.05, 3.63) is 53.6 Å². The topological polar surface area (TPSA) is 155 Å². The summed E-state index contributed by atoms with van der Waals surface area (Å²) in [7, 11) is 1.47. The number of urea groups is 1. The standard InChI is InChI=1S/C28H37N5O7/c1-18-5-3-4-6-21(18)29-28(39)30-22-8-7-19(13-24(22)40-2)14-25(35)33-16-20(34)15-23(33)27(38)32-11-9-31(10-12-32)17-26(36)37/h3-8,13,20,23,26,34,36-37H,9-12,14-17H2,1-2H3,(H2,29,30,39). The highest BCUT2D eigenvalue weighted by Crippen LogP contribution is 2.28. The van der Waals surface area contributed by atoms with Gasteiger partial charge < -0.3 is 40.5 Å². The Morgan fingerprint density at radius 3 is 2.40 bits per heavy atom. The summed E-state index contributed by atoms with van der Waals surface area (Å²) >= 11 is 0. The number of para-hydroxylation sites is 1. The molecule has 2 unspecified atom stereocenters. The molecule has 2 atom stereocenters. The molecular weight excluding hydrogens is 518 g/mol. The number of aryl methyl sites for hydroxylation is 1. The maximum atomic E-state index is 13.3. The number of nitrogens with one attached hydrogen (secondary N) is 2. The number of hydrogen-bond acceptors (Lipinski definition) is 8. The lowest BCUT2D eigenvalue weighted by Gasteiger charge is -2.37. The van der Waals surface area contributed by atoms with E-state index in [1.54, 1.807) is 29.2 Å². The summed E-state index contributed by atoms with van der Waals surface area (Å²) in [6, 6.07) is 11.3. The van der Waals surface area contributed by atoms with Crippen LogP contribution in [-0.2, 0) is 16.0 Å². The fourth-order valence-corrected chi connectivity index (χ4v) is 5.13. The van der Waals surface area contributed by atoms with Gasteiger partial charge in [-0.3, -0.25) is 14.5 Å². The number of anilines is 2. The Labute approximate surface area is 233 Å². The van der Waals surface area contributed by atoms with E-state index in [1.807, 2.05) is 30.0 Å². The summed E-state index contributed by atoms with van der Waals surface area (Å²) in [6.45, 7) is 3.88. The molecule has 2 fully saturated rings. The number of aliphatic hydroxyl groups is 3. The van der Waals surface area contributed by atoms with Crippen molar-refractivity contribution in [3.8, 4) is 5.75 Å². The molecule has 2 aromatic rings. The molecule has 2 aromatic carbocycles. The van der Waals surface area contributed by atoms with Gasteiger partial charge in [0, 0.05) is 51.4 Å². The van der Waals surface area contributed by atoms with Crippen molar-refractivity contribution >= 4 is 29.2 Å². The zero-order chi connectivity index (χ0) is 28.8. The number of ether oxygens (including phenoxy) is 1. The molecule has 40 heavy (non-hydrogen) atoms. The number of nitrogens with zero attached hydrogens (tertiary/aromatic N) is 3. The molecule has 2 aliphatic heterocycles. The number of rotatable bonds is 8. The van der Waals surface area contributed by atoms with Crippen LogP contribution in [0.1, 0.15) is 17.5 Å². The Bertz CT molecular complexity index is 1220. The van der Waals surface area contributed by atoms with Crippen molar-refractivity contribution in [2.24, 2.45) is 0 Å². The van der Waals surface area contributed by atoms with Gasteiger partial charge in [-0.2, -0.15) is 0 Å². The van der Waals surface area contributed by atoms with Crippen LogP contribution in [0.2, 0.25) is 0 Å². The minimum Gasteiger partial charge on any atom is -0.495 e. The lowest BCUT2D eigenvalue weighted by Crippen LogP contribution is -2.55. The average Bonchev–Trinajstić information content (AvgIpc) is 3.32. The van der Waals surface area contributed by atoms with Gasteiger partial charge in [-0.1, -0.05) is 24.3 Å². The summed E-state index contributed by atoms with van der Waals surface area (Å²) in [4.78, 5) is 44.1. The fourth-order valence-electron chi connectivity index (χ4n) is 5.13. The molecule has 4 amide bonds. The minimum absolute atomic E-state index is 0.00921. The molecule has 0 radical (unpaired) electrons. The molecule has 12 heteroatoms. The molecule has 0 spiro atoms. The predicted molar refractivity (Wildman–Crippen MR) is 148 cm³/mol. The molecule has 0 saturated carbocycles. The summed E-state index contributed by atoms with van der Waals surface area (Å²) in [5, 5.41) is 34.2. The second kappa shape index (κ2) is 13.1. The molecule has 2 saturated heterocycles. The summed E-state index contributed by atoms with van der Waals surface area (Å²) in [6.07, 6.45) is -2.07. The van der Waals surface area contributed by atoms with Crippen LogP contribution >= 0.6 is 0 Å². The zero-order valence-electron chi connectivity index (χ0n) is 22.7. The monoisotopic (exact) mass is 555 g/mol. The minimum atomic E-state index is -1.43. The molecule has 216 valence electrons. The third-order valence-corrected chi connectivity index (χ3v) is 7.25. The molecule has 2 heterocycles. The Kier molecular flexibility index (Phi) is 9.58. The first-order chi connectivity index (χ1) is 19.1. The Morgan fingerprint density at radius 1 is 1.02 bits per heavy atom. The molecular formula is C28H37N5O7. The van der Waals surface area contributed by atoms with Gasteiger partial charge in [0.25, 0.3) is 0 Å². The van der Waals surface area contributed by atoms with Gasteiger partial charge in [0.05, 0.1) is 25.3 Å². The number of benzene rings is 2. The van der Waals surface area contributed by atoms with Gasteiger partial charge in [-0.05, 0) is 36.2 Å². The highest BCUT2D eigenvalue weighted by atomic mass is 16.5. The number of likely N-dealkylation sites (tertiary alicyclic amines) is 1. The summed E-state index contributed by atoms with van der Waals surface area (Å²) in [5.41, 5.74) is 2.67. The molecule has 0 bridgehead atoms. The van der Waals surface area contributed by atoms with Gasteiger partial charge >= 0.3 is 6.03 Å². The van der Waals surface area contributed by atoms with Crippen LogP contribution in [0.25, 0.3) is 0 Å². The fraction of sp³-hybridized carbons (Fsp3) is 0.464. The van der Waals surface area contributed by atoms with Crippen molar-refractivity contribution < 1.29 is 34.4 Å². The third kappa shape index (κ3) is 7.27. The van der Waals surface area contributed by atoms with E-state index in [-0.39, 0.29) is 37.7 Å². The van der Waals surface area contributed by atoms with E-state index in [4.69, 9.17) is 4.74 Å². The number of amides is 4. The maximum Gasteiger partial charge on any atom is 0.323 e. The molecule has 12 nitrogen and oxygen atoms in total. The second-order valence-corrected chi connectivity index (χ2v) is 10.2. The van der Waals surface area contributed by atoms with Crippen molar-refractivity contribution in [1.29, 1.82) is 0 Å². The predicted octanol–water partition coefficient (Wildman–Crippen LogP) is 0.607. The SMILES string of the molecule is COc1cc(CC(=O)N2CC(O)CC2C(=O)N2CCN(CC(O)O)CC2)ccc1NC(=O)Nc1ccccc1C. The van der Waals surface area contributed by atoms with E-state index in [0.29, 0.717) is 48.9 Å². The van der Waals surface area contributed by atoms with E-state index in [2.05, 4.69) is 10.6 Å². The normalized spacial score (nSPS) is 19.6. The Hall–Kier alpha value is -3.71. The van der Waals surface area contributed by atoms with E-state index >= 15 is 0 Å². The van der Waals surface area contributed by atoms with Crippen molar-refractivity contribution in [3.63, 3.8) is 0 Å². The van der Waals surface area contributed by atoms with Crippen LogP contribution in [0.4, 0.5) is 16.2 Å². The molecule has 4 rings (SSSR count). The van der Waals surface area contributed by atoms with E-state index in [9.17, 15) is 29.7 Å². The first-order valence-electron chi connectivity index (χ1n) is 13.3. The summed E-state index contributed by atoms with van der Waals surface area (Å²) in [5.74, 6) is -0.131. The van der Waals surface area contributed by atoms with Crippen LogP contribution in [0, 0.1) is 6.92 Å². The van der Waals surface area contributed by atoms with Gasteiger partial charge in [0.2, 0.25) is 11.8 Å². The zero-order valence-corrected chi connectivity index (χ0v) is 22.7. The second-order valence-electron chi connectivity index (χ2n) is 10.2. The van der Waals surface area contributed by atoms with Crippen LogP contribution < -0.4 is 15.4 Å². The number of piperazine rings is 1. The molecule has 2 aliphatic rings. The van der Waals surface area contributed by atoms with E-state index in [0.717, 1.165) is 5.56 Å². The van der Waals surface area contributed by atoms with Gasteiger partial charge in [-0.15, -0.1) is 0 Å². The lowest BCUT2D eigenvalue weighted by atomic mass is 10.1. The largest absolute Gasteiger partial charge is 0.495 e. The molecule has 0 aliphatic carbocycles. The number of aliphatic hydroxyl groups excluding tert-OH is 2. The first kappa shape index (κ1) is 29.3. The lowest BCUT2D eigenvalue weighted by molar-refractivity contribution is -0.145. The number of hydrogen-bond donors (Lipinski definition) is 5. The molecule has 5 N–H and O–H groups in total. The number of β-amino-alcohol motifs (C(OH)–C–C–N with tert-alkyl or cyclic N) is 3. The van der Waals surface area contributed by atoms with E-state index in [1.165, 1.54) is 12.0 Å². The highest BCUT2D eigenvalue weighted by Gasteiger charge is 2.41. The van der Waals surface area contributed by atoms with Crippen LogP contribution in [0.5, 0.6) is 5.75 Å². The number of carbonyl (C=O) groups excluding carboxylic acids is 3. The maximum absolute atomic E-state index is 13.3. The molecule has 0 aromatic heterocycles. The smallest absolute Gasteiger partial charge is 0.323 e. The van der Waals surface area contributed by atoms with Crippen LogP contribution in [0.3, 0.4) is 0 Å². The number of carbonyl (C=O) groups is 3. The first-order valence-corrected chi connectivity index (χ1v) is 13.3. The Balaban J connectivity index is 1.37.